The molecule has 1 fully saturated rings. The van der Waals surface area contributed by atoms with Crippen molar-refractivity contribution in [3.8, 4) is 0 Å². The molecule has 5 heteroatoms. The van der Waals surface area contributed by atoms with Crippen LogP contribution in [0.1, 0.15) is 18.4 Å². The number of hydrogen-bond acceptors (Lipinski definition) is 4. The maximum atomic E-state index is 11.0. The van der Waals surface area contributed by atoms with Crippen molar-refractivity contribution < 1.29 is 9.66 Å². The van der Waals surface area contributed by atoms with Gasteiger partial charge in [0.1, 0.15) is 5.69 Å². The van der Waals surface area contributed by atoms with Crippen LogP contribution in [0.25, 0.3) is 0 Å². The van der Waals surface area contributed by atoms with Gasteiger partial charge in [-0.2, -0.15) is 0 Å². The van der Waals surface area contributed by atoms with E-state index in [0.717, 1.165) is 26.1 Å². The lowest BCUT2D eigenvalue weighted by atomic mass is 10.1. The molecule has 1 N–H and O–H groups in total. The second-order valence-electron chi connectivity index (χ2n) is 4.26. The van der Waals surface area contributed by atoms with Gasteiger partial charge in [-0.15, -0.1) is 0 Å². The molecular formula is C12H16N2O3. The maximum absolute atomic E-state index is 11.0. The highest BCUT2D eigenvalue weighted by Gasteiger charge is 2.20. The van der Waals surface area contributed by atoms with E-state index in [0.29, 0.717) is 11.3 Å². The van der Waals surface area contributed by atoms with Gasteiger partial charge in [-0.3, -0.25) is 10.1 Å². The predicted molar refractivity (Wildman–Crippen MR) is 65.3 cm³/mol. The van der Waals surface area contributed by atoms with Crippen molar-refractivity contribution in [3.63, 3.8) is 0 Å². The molecule has 92 valence electrons. The van der Waals surface area contributed by atoms with E-state index in [-0.39, 0.29) is 16.7 Å². The number of nitro benzene ring substituents is 1. The van der Waals surface area contributed by atoms with Crippen molar-refractivity contribution in [2.24, 2.45) is 0 Å². The molecule has 0 unspecified atom stereocenters. The Morgan fingerprint density at radius 3 is 2.76 bits per heavy atom. The van der Waals surface area contributed by atoms with Crippen molar-refractivity contribution >= 4 is 11.4 Å². The summed E-state index contributed by atoms with van der Waals surface area (Å²) >= 11 is 0. The van der Waals surface area contributed by atoms with Gasteiger partial charge in [0.05, 0.1) is 4.92 Å². The molecule has 1 saturated heterocycles. The monoisotopic (exact) mass is 236 g/mol. The lowest BCUT2D eigenvalue weighted by Gasteiger charge is -2.24. The van der Waals surface area contributed by atoms with Crippen molar-refractivity contribution in [3.05, 3.63) is 33.9 Å². The predicted octanol–water partition coefficient (Wildman–Crippen LogP) is 2.49. The Bertz CT molecular complexity index is 414. The number of hydrogen-bond donors (Lipinski definition) is 1. The van der Waals surface area contributed by atoms with E-state index in [4.69, 9.17) is 4.74 Å². The minimum Gasteiger partial charge on any atom is -0.381 e. The Hall–Kier alpha value is -1.62. The standard InChI is InChI=1S/C12H16N2O3/c1-9-3-2-4-11(12(9)14(15)16)13-10-5-7-17-8-6-10/h2-4,10,13H,5-8H2,1H3. The molecular weight excluding hydrogens is 220 g/mol. The van der Waals surface area contributed by atoms with Crippen LogP contribution in [0.3, 0.4) is 0 Å². The number of nitro groups is 1. The number of nitrogens with one attached hydrogen (secondary N) is 1. The van der Waals surface area contributed by atoms with Gasteiger partial charge in [-0.25, -0.2) is 0 Å². The van der Waals surface area contributed by atoms with E-state index >= 15 is 0 Å². The third kappa shape index (κ3) is 2.74. The fourth-order valence-corrected chi connectivity index (χ4v) is 2.08. The highest BCUT2D eigenvalue weighted by atomic mass is 16.6. The van der Waals surface area contributed by atoms with Crippen molar-refractivity contribution in [2.45, 2.75) is 25.8 Å². The first-order valence-corrected chi connectivity index (χ1v) is 5.77. The van der Waals surface area contributed by atoms with Gasteiger partial charge >= 0.3 is 0 Å². The molecule has 1 aliphatic rings. The Labute approximate surface area is 99.9 Å². The largest absolute Gasteiger partial charge is 0.381 e. The summed E-state index contributed by atoms with van der Waals surface area (Å²) in [4.78, 5) is 10.7. The highest BCUT2D eigenvalue weighted by molar-refractivity contribution is 5.65. The summed E-state index contributed by atoms with van der Waals surface area (Å²) in [5.41, 5.74) is 1.48. The maximum Gasteiger partial charge on any atom is 0.295 e. The SMILES string of the molecule is Cc1cccc(NC2CCOCC2)c1[N+](=O)[O-]. The van der Waals surface area contributed by atoms with Gasteiger partial charge in [0.2, 0.25) is 0 Å². The minimum atomic E-state index is -0.322. The van der Waals surface area contributed by atoms with Crippen LogP contribution < -0.4 is 5.32 Å². The number of para-hydroxylation sites is 1. The molecule has 0 aromatic heterocycles. The Balaban J connectivity index is 2.19. The van der Waals surface area contributed by atoms with Gasteiger partial charge in [0.15, 0.2) is 0 Å². The molecule has 0 radical (unpaired) electrons. The molecule has 0 amide bonds. The second kappa shape index (κ2) is 5.14. The number of ether oxygens (including phenoxy) is 1. The van der Waals surface area contributed by atoms with E-state index in [1.54, 1.807) is 19.1 Å². The molecule has 0 atom stereocenters. The third-order valence-electron chi connectivity index (χ3n) is 3.00. The average molecular weight is 236 g/mol. The molecule has 17 heavy (non-hydrogen) atoms. The first kappa shape index (κ1) is 11.9. The zero-order chi connectivity index (χ0) is 12.3. The van der Waals surface area contributed by atoms with Gasteiger partial charge in [0, 0.05) is 24.8 Å². The Morgan fingerprint density at radius 1 is 1.41 bits per heavy atom. The summed E-state index contributed by atoms with van der Waals surface area (Å²) < 4.78 is 5.26. The second-order valence-corrected chi connectivity index (χ2v) is 4.26. The first-order valence-electron chi connectivity index (χ1n) is 5.77. The highest BCUT2D eigenvalue weighted by Crippen LogP contribution is 2.29. The van der Waals surface area contributed by atoms with Crippen molar-refractivity contribution in [1.29, 1.82) is 0 Å². The fourth-order valence-electron chi connectivity index (χ4n) is 2.08. The first-order chi connectivity index (χ1) is 8.18. The van der Waals surface area contributed by atoms with Crippen LogP contribution in [0.2, 0.25) is 0 Å². The van der Waals surface area contributed by atoms with E-state index in [1.807, 2.05) is 6.07 Å². The normalized spacial score (nSPS) is 16.8. The summed E-state index contributed by atoms with van der Waals surface area (Å²) in [6, 6.07) is 5.63. The molecule has 1 aromatic carbocycles. The minimum absolute atomic E-state index is 0.180. The number of rotatable bonds is 3. The summed E-state index contributed by atoms with van der Waals surface area (Å²) in [6.07, 6.45) is 1.79. The molecule has 0 spiro atoms. The van der Waals surface area contributed by atoms with Gasteiger partial charge in [-0.1, -0.05) is 12.1 Å². The van der Waals surface area contributed by atoms with Crippen LogP contribution in [-0.2, 0) is 4.74 Å². The smallest absolute Gasteiger partial charge is 0.295 e. The van der Waals surface area contributed by atoms with Gasteiger partial charge in [0.25, 0.3) is 5.69 Å². The zero-order valence-electron chi connectivity index (χ0n) is 9.81. The fraction of sp³-hybridized carbons (Fsp3) is 0.500. The van der Waals surface area contributed by atoms with Crippen LogP contribution in [0.5, 0.6) is 0 Å². The molecule has 1 heterocycles. The zero-order valence-corrected chi connectivity index (χ0v) is 9.81. The van der Waals surface area contributed by atoms with E-state index < -0.39 is 0 Å². The van der Waals surface area contributed by atoms with E-state index in [2.05, 4.69) is 5.32 Å². The summed E-state index contributed by atoms with van der Waals surface area (Å²) in [5, 5.41) is 14.3. The van der Waals surface area contributed by atoms with E-state index in [1.165, 1.54) is 0 Å². The molecule has 0 bridgehead atoms. The topological polar surface area (TPSA) is 64.4 Å². The summed E-state index contributed by atoms with van der Waals surface area (Å²) in [5.74, 6) is 0. The van der Waals surface area contributed by atoms with Crippen molar-refractivity contribution in [1.82, 2.24) is 0 Å². The van der Waals surface area contributed by atoms with Crippen LogP contribution in [0.4, 0.5) is 11.4 Å². The van der Waals surface area contributed by atoms with E-state index in [9.17, 15) is 10.1 Å². The molecule has 2 rings (SSSR count). The Morgan fingerprint density at radius 2 is 2.12 bits per heavy atom. The number of aryl methyl sites for hydroxylation is 1. The van der Waals surface area contributed by atoms with Gasteiger partial charge < -0.3 is 10.1 Å². The van der Waals surface area contributed by atoms with Crippen molar-refractivity contribution in [2.75, 3.05) is 18.5 Å². The molecule has 1 aromatic rings. The van der Waals surface area contributed by atoms with Crippen LogP contribution in [0.15, 0.2) is 18.2 Å². The summed E-state index contributed by atoms with van der Waals surface area (Å²) in [6.45, 7) is 3.20. The van der Waals surface area contributed by atoms with Crippen LogP contribution in [-0.4, -0.2) is 24.2 Å². The molecule has 0 aliphatic carbocycles. The van der Waals surface area contributed by atoms with Crippen LogP contribution in [0, 0.1) is 17.0 Å². The van der Waals surface area contributed by atoms with Gasteiger partial charge in [-0.05, 0) is 25.8 Å². The molecule has 0 saturated carbocycles. The lowest BCUT2D eigenvalue weighted by molar-refractivity contribution is -0.384. The third-order valence-corrected chi connectivity index (χ3v) is 3.00. The Kier molecular flexibility index (Phi) is 3.58. The summed E-state index contributed by atoms with van der Waals surface area (Å²) in [7, 11) is 0. The average Bonchev–Trinajstić information content (AvgIpc) is 2.30. The lowest BCUT2D eigenvalue weighted by Crippen LogP contribution is -2.28. The van der Waals surface area contributed by atoms with Crippen LogP contribution >= 0.6 is 0 Å². The number of benzene rings is 1. The number of nitrogens with zero attached hydrogens (tertiary/aromatic N) is 1. The number of anilines is 1. The molecule has 5 nitrogen and oxygen atoms in total. The quantitative estimate of drug-likeness (QED) is 0.647. The molecule has 1 aliphatic heterocycles.